The molecule has 0 fully saturated rings. The lowest BCUT2D eigenvalue weighted by Crippen LogP contribution is -2.13. The van der Waals surface area contributed by atoms with Crippen LogP contribution in [0, 0.1) is 13.8 Å². The van der Waals surface area contributed by atoms with Gasteiger partial charge in [0.1, 0.15) is 11.3 Å². The number of aryl methyl sites for hydroxylation is 2. The van der Waals surface area contributed by atoms with Crippen molar-refractivity contribution in [2.24, 2.45) is 0 Å². The Hall–Kier alpha value is -4.44. The maximum Gasteiger partial charge on any atom is 0.340 e. The lowest BCUT2D eigenvalue weighted by atomic mass is 9.98. The molecule has 0 aliphatic carbocycles. The molecule has 1 aromatic heterocycles. The molecule has 0 spiro atoms. The zero-order valence-corrected chi connectivity index (χ0v) is 20.3. The van der Waals surface area contributed by atoms with Gasteiger partial charge in [-0.15, -0.1) is 0 Å². The van der Waals surface area contributed by atoms with Gasteiger partial charge in [0.2, 0.25) is 0 Å². The molecular weight excluding hydrogens is 448 g/mol. The van der Waals surface area contributed by atoms with Gasteiger partial charge in [-0.1, -0.05) is 84.9 Å². The second kappa shape index (κ2) is 10.0. The van der Waals surface area contributed by atoms with Crippen LogP contribution in [0.4, 0.5) is 0 Å². The van der Waals surface area contributed by atoms with E-state index in [4.69, 9.17) is 9.15 Å². The van der Waals surface area contributed by atoms with Crippen LogP contribution in [0.3, 0.4) is 0 Å². The van der Waals surface area contributed by atoms with Crippen molar-refractivity contribution in [2.45, 2.75) is 20.3 Å². The molecule has 0 bridgehead atoms. The summed E-state index contributed by atoms with van der Waals surface area (Å²) in [6.45, 7) is 3.68. The highest BCUT2D eigenvalue weighted by atomic mass is 16.5. The Balaban J connectivity index is 1.34. The highest BCUT2D eigenvalue weighted by molar-refractivity contribution is 5.97. The summed E-state index contributed by atoms with van der Waals surface area (Å²) in [5.41, 5.74) is 6.18. The van der Waals surface area contributed by atoms with Gasteiger partial charge in [-0.3, -0.25) is 4.79 Å². The van der Waals surface area contributed by atoms with E-state index in [-0.39, 0.29) is 18.0 Å². The fourth-order valence-corrected chi connectivity index (χ4v) is 4.44. The topological polar surface area (TPSA) is 56.5 Å². The number of Topliss-reactive ketones (excluding diaryl/α,β-unsaturated/α-hetero) is 1. The van der Waals surface area contributed by atoms with Crippen LogP contribution >= 0.6 is 0 Å². The number of carbonyl (C=O) groups excluding carboxylic acids is 1. The second-order valence-corrected chi connectivity index (χ2v) is 8.88. The molecule has 0 radical (unpaired) electrons. The largest absolute Gasteiger partial charge is 0.485 e. The van der Waals surface area contributed by atoms with E-state index in [1.165, 1.54) is 0 Å². The molecular formula is C32H26O4. The number of hydrogen-bond donors (Lipinski definition) is 0. The highest BCUT2D eigenvalue weighted by Gasteiger charge is 2.16. The molecule has 0 N–H and O–H groups in total. The van der Waals surface area contributed by atoms with Gasteiger partial charge in [0.05, 0.1) is 0 Å². The molecule has 5 aromatic rings. The van der Waals surface area contributed by atoms with Crippen molar-refractivity contribution < 1.29 is 13.9 Å². The van der Waals surface area contributed by atoms with Gasteiger partial charge < -0.3 is 9.15 Å². The summed E-state index contributed by atoms with van der Waals surface area (Å²) < 4.78 is 11.6. The molecule has 4 aromatic carbocycles. The van der Waals surface area contributed by atoms with Gasteiger partial charge in [0.15, 0.2) is 12.4 Å². The number of ketones is 1. The van der Waals surface area contributed by atoms with Crippen LogP contribution in [0.1, 0.15) is 32.6 Å². The van der Waals surface area contributed by atoms with Crippen molar-refractivity contribution in [2.75, 3.05) is 6.61 Å². The molecule has 0 aliphatic rings. The molecule has 1 heterocycles. The Morgan fingerprint density at radius 3 is 2.08 bits per heavy atom. The molecule has 0 saturated carbocycles. The molecule has 4 heteroatoms. The Kier molecular flexibility index (Phi) is 6.50. The Bertz CT molecular complexity index is 1580. The van der Waals surface area contributed by atoms with Crippen LogP contribution in [0.2, 0.25) is 0 Å². The van der Waals surface area contributed by atoms with Gasteiger partial charge in [0, 0.05) is 28.5 Å². The molecule has 36 heavy (non-hydrogen) atoms. The van der Waals surface area contributed by atoms with Gasteiger partial charge in [-0.05, 0) is 48.2 Å². The summed E-state index contributed by atoms with van der Waals surface area (Å²) in [6, 6.07) is 31.1. The first-order valence-corrected chi connectivity index (χ1v) is 11.9. The fourth-order valence-electron chi connectivity index (χ4n) is 4.44. The zero-order chi connectivity index (χ0) is 25.1. The number of benzene rings is 4. The second-order valence-electron chi connectivity index (χ2n) is 8.88. The van der Waals surface area contributed by atoms with Gasteiger partial charge in [-0.2, -0.15) is 0 Å². The third-order valence-corrected chi connectivity index (χ3v) is 6.55. The predicted molar refractivity (Wildman–Crippen MR) is 143 cm³/mol. The predicted octanol–water partition coefficient (Wildman–Crippen LogP) is 6.93. The maximum atomic E-state index is 12.8. The average molecular weight is 475 g/mol. The SMILES string of the molecule is Cc1c(Cc2ccccc2)c(=O)oc2c(C)c(OCC(=O)c3ccc(-c4ccccc4)cc3)ccc12. The standard InChI is InChI=1S/C32H26O4/c1-21-27-17-18-30(22(2)31(27)36-32(34)28(21)19-23-9-5-3-6-10-23)35-20-29(33)26-15-13-25(14-16-26)24-11-7-4-8-12-24/h3-18H,19-20H2,1-2H3. The summed E-state index contributed by atoms with van der Waals surface area (Å²) in [4.78, 5) is 25.6. The smallest absolute Gasteiger partial charge is 0.340 e. The Morgan fingerprint density at radius 1 is 0.750 bits per heavy atom. The number of carbonyl (C=O) groups is 1. The Morgan fingerprint density at radius 2 is 1.39 bits per heavy atom. The van der Waals surface area contributed by atoms with E-state index in [1.54, 1.807) is 0 Å². The zero-order valence-electron chi connectivity index (χ0n) is 20.3. The fraction of sp³-hybridized carbons (Fsp3) is 0.125. The highest BCUT2D eigenvalue weighted by Crippen LogP contribution is 2.30. The van der Waals surface area contributed by atoms with E-state index in [2.05, 4.69) is 0 Å². The van der Waals surface area contributed by atoms with Crippen molar-refractivity contribution >= 4 is 16.8 Å². The molecule has 5 rings (SSSR count). The minimum absolute atomic E-state index is 0.105. The average Bonchev–Trinajstić information content (AvgIpc) is 2.92. The molecule has 4 nitrogen and oxygen atoms in total. The third-order valence-electron chi connectivity index (χ3n) is 6.55. The van der Waals surface area contributed by atoms with Gasteiger partial charge in [-0.25, -0.2) is 4.79 Å². The first-order valence-electron chi connectivity index (χ1n) is 11.9. The van der Waals surface area contributed by atoms with Crippen LogP contribution in [0.15, 0.2) is 106 Å². The number of fused-ring (bicyclic) bond motifs is 1. The maximum absolute atomic E-state index is 12.8. The summed E-state index contributed by atoms with van der Waals surface area (Å²) >= 11 is 0. The first-order chi connectivity index (χ1) is 17.5. The van der Waals surface area contributed by atoms with Crippen molar-refractivity contribution in [3.05, 3.63) is 135 Å². The monoisotopic (exact) mass is 474 g/mol. The van der Waals surface area contributed by atoms with Crippen LogP contribution in [-0.4, -0.2) is 12.4 Å². The summed E-state index contributed by atoms with van der Waals surface area (Å²) in [5.74, 6) is 0.403. The molecule has 0 amide bonds. The van der Waals surface area contributed by atoms with Crippen LogP contribution in [-0.2, 0) is 6.42 Å². The number of ether oxygens (including phenoxy) is 1. The summed E-state index contributed by atoms with van der Waals surface area (Å²) in [7, 11) is 0. The van der Waals surface area contributed by atoms with E-state index in [1.807, 2.05) is 111 Å². The van der Waals surface area contributed by atoms with Gasteiger partial charge >= 0.3 is 5.63 Å². The van der Waals surface area contributed by atoms with Crippen LogP contribution in [0.25, 0.3) is 22.1 Å². The normalized spacial score (nSPS) is 10.9. The third kappa shape index (κ3) is 4.71. The lowest BCUT2D eigenvalue weighted by molar-refractivity contribution is 0.0921. The van der Waals surface area contributed by atoms with Gasteiger partial charge in [0.25, 0.3) is 0 Å². The van der Waals surface area contributed by atoms with E-state index >= 15 is 0 Å². The molecule has 0 saturated heterocycles. The van der Waals surface area contributed by atoms with E-state index in [0.717, 1.165) is 27.6 Å². The van der Waals surface area contributed by atoms with Crippen LogP contribution in [0.5, 0.6) is 5.75 Å². The van der Waals surface area contributed by atoms with Crippen molar-refractivity contribution in [1.29, 1.82) is 0 Å². The summed E-state index contributed by atoms with van der Waals surface area (Å²) in [5, 5.41) is 0.869. The quantitative estimate of drug-likeness (QED) is 0.190. The molecule has 178 valence electrons. The van der Waals surface area contributed by atoms with Crippen molar-refractivity contribution in [1.82, 2.24) is 0 Å². The van der Waals surface area contributed by atoms with Crippen molar-refractivity contribution in [3.8, 4) is 16.9 Å². The Labute approximate surface area is 209 Å². The minimum Gasteiger partial charge on any atom is -0.485 e. The minimum atomic E-state index is -0.348. The number of rotatable bonds is 7. The first kappa shape index (κ1) is 23.3. The van der Waals surface area contributed by atoms with E-state index in [9.17, 15) is 9.59 Å². The van der Waals surface area contributed by atoms with Crippen molar-refractivity contribution in [3.63, 3.8) is 0 Å². The van der Waals surface area contributed by atoms with E-state index in [0.29, 0.717) is 34.4 Å². The number of hydrogen-bond acceptors (Lipinski definition) is 4. The molecule has 0 atom stereocenters. The van der Waals surface area contributed by atoms with Crippen LogP contribution < -0.4 is 10.4 Å². The van der Waals surface area contributed by atoms with E-state index < -0.39 is 0 Å². The lowest BCUT2D eigenvalue weighted by Gasteiger charge is -2.13. The molecule has 0 aliphatic heterocycles. The molecule has 0 unspecified atom stereocenters. The summed E-state index contributed by atoms with van der Waals surface area (Å²) in [6.07, 6.45) is 0.514.